The van der Waals surface area contributed by atoms with Crippen LogP contribution in [0.5, 0.6) is 0 Å². The number of hydrogen-bond acceptors (Lipinski definition) is 7. The van der Waals surface area contributed by atoms with Crippen molar-refractivity contribution in [1.82, 2.24) is 24.5 Å². The van der Waals surface area contributed by atoms with Crippen LogP contribution in [-0.4, -0.2) is 57.0 Å². The van der Waals surface area contributed by atoms with Crippen LogP contribution in [0, 0.1) is 0 Å². The fourth-order valence-electron chi connectivity index (χ4n) is 4.21. The van der Waals surface area contributed by atoms with Crippen LogP contribution in [0.4, 0.5) is 21.7 Å². The van der Waals surface area contributed by atoms with Crippen molar-refractivity contribution in [2.24, 2.45) is 0 Å². The molecule has 174 valence electrons. The normalized spacial score (nSPS) is 26.0. The van der Waals surface area contributed by atoms with Gasteiger partial charge in [0.2, 0.25) is 0 Å². The van der Waals surface area contributed by atoms with E-state index >= 15 is 0 Å². The lowest BCUT2D eigenvalue weighted by Gasteiger charge is -2.45. The number of pyridine rings is 1. The van der Waals surface area contributed by atoms with Gasteiger partial charge in [0.05, 0.1) is 23.9 Å². The highest BCUT2D eigenvalue weighted by atomic mass is 19.1. The molecule has 1 amide bonds. The maximum atomic E-state index is 13.5. The maximum Gasteiger partial charge on any atom is 0.274 e. The standard InChI is InChI=1S/C22H26FN7O3/c1-22(33-3)7-6-16(22)27-20(31)12-11-25-30-18(24-2)10-17(28-19(12)30)26-14-5-4-8-29(21(14)32)15-9-13(15)23/h4-5,8,10-11,13,15-16,24H,6-7,9H2,1-3H3,(H,26,28)(H,27,31)/t13-,15-,16?,22+/m1/s1. The number of hydrogen-bond donors (Lipinski definition) is 3. The minimum Gasteiger partial charge on any atom is -0.376 e. The summed E-state index contributed by atoms with van der Waals surface area (Å²) in [5.74, 6) is 0.637. The second-order valence-electron chi connectivity index (χ2n) is 8.73. The zero-order valence-electron chi connectivity index (χ0n) is 18.6. The van der Waals surface area contributed by atoms with E-state index in [1.807, 2.05) is 6.92 Å². The molecule has 0 radical (unpaired) electrons. The molecule has 4 atom stereocenters. The van der Waals surface area contributed by atoms with Gasteiger partial charge in [0, 0.05) is 32.8 Å². The highest BCUT2D eigenvalue weighted by molar-refractivity contribution is 6.00. The molecule has 0 saturated heterocycles. The number of fused-ring (bicyclic) bond motifs is 1. The molecule has 0 aliphatic heterocycles. The van der Waals surface area contributed by atoms with E-state index in [2.05, 4.69) is 26.0 Å². The lowest BCUT2D eigenvalue weighted by atomic mass is 9.76. The first-order valence-electron chi connectivity index (χ1n) is 10.9. The van der Waals surface area contributed by atoms with Crippen molar-refractivity contribution in [3.05, 3.63) is 46.5 Å². The molecular formula is C22H26FN7O3. The van der Waals surface area contributed by atoms with Gasteiger partial charge in [-0.25, -0.2) is 9.37 Å². The van der Waals surface area contributed by atoms with Crippen LogP contribution in [0.15, 0.2) is 35.4 Å². The van der Waals surface area contributed by atoms with E-state index in [-0.39, 0.29) is 28.8 Å². The third-order valence-corrected chi connectivity index (χ3v) is 6.69. The first kappa shape index (κ1) is 21.4. The summed E-state index contributed by atoms with van der Waals surface area (Å²) < 4.78 is 22.0. The quantitative estimate of drug-likeness (QED) is 0.501. The van der Waals surface area contributed by atoms with Crippen molar-refractivity contribution in [1.29, 1.82) is 0 Å². The zero-order chi connectivity index (χ0) is 23.3. The lowest BCUT2D eigenvalue weighted by Crippen LogP contribution is -2.59. The summed E-state index contributed by atoms with van der Waals surface area (Å²) in [6, 6.07) is 4.47. The molecule has 3 N–H and O–H groups in total. The number of methoxy groups -OCH3 is 1. The number of carbonyl (C=O) groups is 1. The fourth-order valence-corrected chi connectivity index (χ4v) is 4.21. The summed E-state index contributed by atoms with van der Waals surface area (Å²) in [7, 11) is 3.36. The van der Waals surface area contributed by atoms with Gasteiger partial charge in [-0.15, -0.1) is 0 Å². The topological polar surface area (TPSA) is 115 Å². The van der Waals surface area contributed by atoms with E-state index in [1.54, 1.807) is 38.6 Å². The van der Waals surface area contributed by atoms with Crippen LogP contribution in [-0.2, 0) is 4.74 Å². The molecule has 1 unspecified atom stereocenters. The molecule has 2 saturated carbocycles. The molecule has 5 rings (SSSR count). The minimum absolute atomic E-state index is 0.0976. The summed E-state index contributed by atoms with van der Waals surface area (Å²) in [6.45, 7) is 1.97. The van der Waals surface area contributed by atoms with E-state index in [0.717, 1.165) is 12.8 Å². The second kappa shape index (κ2) is 7.84. The van der Waals surface area contributed by atoms with E-state index < -0.39 is 12.2 Å². The van der Waals surface area contributed by atoms with Crippen LogP contribution in [0.1, 0.15) is 42.6 Å². The number of ether oxygens (including phenoxy) is 1. The fraction of sp³-hybridized carbons (Fsp3) is 0.455. The molecule has 3 aromatic heterocycles. The molecule has 2 aliphatic carbocycles. The van der Waals surface area contributed by atoms with Gasteiger partial charge in [0.25, 0.3) is 11.5 Å². The largest absolute Gasteiger partial charge is 0.376 e. The highest BCUT2D eigenvalue weighted by Crippen LogP contribution is 2.38. The summed E-state index contributed by atoms with van der Waals surface area (Å²) in [5, 5.41) is 13.4. The second-order valence-corrected chi connectivity index (χ2v) is 8.73. The van der Waals surface area contributed by atoms with Crippen LogP contribution < -0.4 is 21.5 Å². The predicted octanol–water partition coefficient (Wildman–Crippen LogP) is 2.26. The Labute approximate surface area is 189 Å². The third-order valence-electron chi connectivity index (χ3n) is 6.69. The molecule has 0 bridgehead atoms. The van der Waals surface area contributed by atoms with Crippen LogP contribution in [0.25, 0.3) is 5.65 Å². The van der Waals surface area contributed by atoms with Gasteiger partial charge < -0.3 is 25.3 Å². The number of nitrogens with one attached hydrogen (secondary N) is 3. The van der Waals surface area contributed by atoms with Gasteiger partial charge in [-0.2, -0.15) is 9.61 Å². The monoisotopic (exact) mass is 455 g/mol. The Balaban J connectivity index is 1.46. The Morgan fingerprint density at radius 1 is 1.39 bits per heavy atom. The third kappa shape index (κ3) is 3.62. The van der Waals surface area contributed by atoms with Crippen molar-refractivity contribution in [2.45, 2.75) is 50.0 Å². The SMILES string of the molecule is CNc1cc(Nc2cccn([C@@H]3C[C@H]3F)c2=O)nc2c(C(=O)NC3CC[C@]3(C)OC)cnn12. The Hall–Kier alpha value is -3.47. The van der Waals surface area contributed by atoms with Crippen molar-refractivity contribution < 1.29 is 13.9 Å². The van der Waals surface area contributed by atoms with Crippen molar-refractivity contribution >= 4 is 28.9 Å². The van der Waals surface area contributed by atoms with Gasteiger partial charge in [-0.05, 0) is 31.9 Å². The van der Waals surface area contributed by atoms with Crippen LogP contribution >= 0.6 is 0 Å². The Morgan fingerprint density at radius 2 is 2.18 bits per heavy atom. The molecule has 2 fully saturated rings. The van der Waals surface area contributed by atoms with E-state index in [1.165, 1.54) is 15.3 Å². The molecule has 2 aliphatic rings. The average molecular weight is 455 g/mol. The van der Waals surface area contributed by atoms with Gasteiger partial charge in [-0.1, -0.05) is 0 Å². The molecule has 0 aromatic carbocycles. The number of halogens is 1. The smallest absolute Gasteiger partial charge is 0.274 e. The van der Waals surface area contributed by atoms with E-state index in [9.17, 15) is 14.0 Å². The minimum atomic E-state index is -0.994. The number of carbonyl (C=O) groups excluding carboxylic acids is 1. The average Bonchev–Trinajstić information content (AvgIpc) is 3.37. The summed E-state index contributed by atoms with van der Waals surface area (Å²) in [6.07, 6.45) is 4.10. The molecule has 11 heteroatoms. The predicted molar refractivity (Wildman–Crippen MR) is 121 cm³/mol. The Morgan fingerprint density at radius 3 is 2.82 bits per heavy atom. The van der Waals surface area contributed by atoms with Gasteiger partial charge in [-0.3, -0.25) is 9.59 Å². The van der Waals surface area contributed by atoms with Crippen molar-refractivity contribution in [2.75, 3.05) is 24.8 Å². The molecule has 33 heavy (non-hydrogen) atoms. The van der Waals surface area contributed by atoms with Gasteiger partial charge in [0.15, 0.2) is 5.65 Å². The number of amides is 1. The van der Waals surface area contributed by atoms with Gasteiger partial charge >= 0.3 is 0 Å². The van der Waals surface area contributed by atoms with Crippen molar-refractivity contribution in [3.8, 4) is 0 Å². The molecule has 10 nitrogen and oxygen atoms in total. The Kier molecular flexibility index (Phi) is 5.08. The zero-order valence-corrected chi connectivity index (χ0v) is 18.6. The molecule has 0 spiro atoms. The Bertz CT molecular complexity index is 1280. The lowest BCUT2D eigenvalue weighted by molar-refractivity contribution is -0.0828. The first-order chi connectivity index (χ1) is 15.8. The van der Waals surface area contributed by atoms with Crippen molar-refractivity contribution in [3.63, 3.8) is 0 Å². The number of aromatic nitrogens is 4. The summed E-state index contributed by atoms with van der Waals surface area (Å²) >= 11 is 0. The first-order valence-corrected chi connectivity index (χ1v) is 10.9. The maximum absolute atomic E-state index is 13.5. The highest BCUT2D eigenvalue weighted by Gasteiger charge is 2.44. The summed E-state index contributed by atoms with van der Waals surface area (Å²) in [4.78, 5) is 30.4. The van der Waals surface area contributed by atoms with Gasteiger partial charge in [0.1, 0.15) is 29.1 Å². The molecule has 3 heterocycles. The van der Waals surface area contributed by atoms with E-state index in [0.29, 0.717) is 29.3 Å². The molecular weight excluding hydrogens is 429 g/mol. The molecule has 3 aromatic rings. The number of anilines is 3. The number of nitrogens with zero attached hydrogens (tertiary/aromatic N) is 4. The number of rotatable bonds is 7. The van der Waals surface area contributed by atoms with Crippen LogP contribution in [0.3, 0.4) is 0 Å². The summed E-state index contributed by atoms with van der Waals surface area (Å²) in [5.41, 5.74) is 0.200. The van der Waals surface area contributed by atoms with E-state index in [4.69, 9.17) is 4.74 Å². The number of alkyl halides is 1. The van der Waals surface area contributed by atoms with Crippen LogP contribution in [0.2, 0.25) is 0 Å².